The Morgan fingerprint density at radius 3 is 1.93 bits per heavy atom. The van der Waals surface area contributed by atoms with Crippen molar-refractivity contribution in [3.05, 3.63) is 0 Å². The molecule has 3 nitrogen and oxygen atoms in total. The third kappa shape index (κ3) is 13.9. The molecule has 0 aromatic rings. The second-order valence-electron chi connectivity index (χ2n) is 5.85. The van der Waals surface area contributed by atoms with E-state index in [1.54, 1.807) is 0 Å². The summed E-state index contributed by atoms with van der Waals surface area (Å²) in [7, 11) is 8.50. The van der Waals surface area contributed by atoms with E-state index in [-0.39, 0.29) is 0 Å². The molecule has 3 heteroatoms. The minimum Gasteiger partial charge on any atom is -0.333 e. The SMILES string of the molecule is C[N+](C)(C)C.NOCCC1CCCCC1. The van der Waals surface area contributed by atoms with E-state index in [0.717, 1.165) is 23.4 Å². The van der Waals surface area contributed by atoms with Gasteiger partial charge in [0, 0.05) is 0 Å². The van der Waals surface area contributed by atoms with E-state index in [4.69, 9.17) is 5.90 Å². The van der Waals surface area contributed by atoms with Crippen LogP contribution in [0.25, 0.3) is 0 Å². The monoisotopic (exact) mass is 217 g/mol. The number of quaternary nitrogens is 1. The van der Waals surface area contributed by atoms with E-state index in [0.29, 0.717) is 0 Å². The van der Waals surface area contributed by atoms with Gasteiger partial charge in [-0.3, -0.25) is 0 Å². The fraction of sp³-hybridized carbons (Fsp3) is 1.00. The second-order valence-corrected chi connectivity index (χ2v) is 5.85. The third-order valence-corrected chi connectivity index (χ3v) is 2.37. The summed E-state index contributed by atoms with van der Waals surface area (Å²) in [5.41, 5.74) is 0. The van der Waals surface area contributed by atoms with Crippen LogP contribution in [0, 0.1) is 5.92 Å². The van der Waals surface area contributed by atoms with E-state index in [2.05, 4.69) is 33.0 Å². The molecule has 0 radical (unpaired) electrons. The van der Waals surface area contributed by atoms with Crippen molar-refractivity contribution in [3.8, 4) is 0 Å². The maximum Gasteiger partial charge on any atom is 0.0681 e. The number of hydrogen-bond acceptors (Lipinski definition) is 2. The first kappa shape index (κ1) is 14.9. The van der Waals surface area contributed by atoms with Gasteiger partial charge in [0.2, 0.25) is 0 Å². The van der Waals surface area contributed by atoms with Crippen LogP contribution in [0.1, 0.15) is 38.5 Å². The number of rotatable bonds is 3. The first-order chi connectivity index (χ1) is 6.93. The Kier molecular flexibility index (Phi) is 8.02. The summed E-state index contributed by atoms with van der Waals surface area (Å²) < 4.78 is 1.00. The Morgan fingerprint density at radius 2 is 1.53 bits per heavy atom. The molecule has 92 valence electrons. The number of nitrogens with two attached hydrogens (primary N) is 1. The quantitative estimate of drug-likeness (QED) is 0.581. The molecule has 0 saturated heterocycles. The van der Waals surface area contributed by atoms with E-state index in [1.165, 1.54) is 32.1 Å². The molecule has 0 bridgehead atoms. The van der Waals surface area contributed by atoms with Crippen molar-refractivity contribution in [1.29, 1.82) is 0 Å². The van der Waals surface area contributed by atoms with Crippen molar-refractivity contribution in [2.75, 3.05) is 34.8 Å². The highest BCUT2D eigenvalue weighted by molar-refractivity contribution is 4.64. The van der Waals surface area contributed by atoms with Crippen LogP contribution in [-0.2, 0) is 4.84 Å². The van der Waals surface area contributed by atoms with Gasteiger partial charge >= 0.3 is 0 Å². The van der Waals surface area contributed by atoms with Crippen LogP contribution >= 0.6 is 0 Å². The van der Waals surface area contributed by atoms with Gasteiger partial charge in [-0.15, -0.1) is 0 Å². The number of nitrogens with zero attached hydrogens (tertiary/aromatic N) is 1. The molecule has 1 saturated carbocycles. The van der Waals surface area contributed by atoms with Gasteiger partial charge in [0.1, 0.15) is 0 Å². The Labute approximate surface area is 95.1 Å². The third-order valence-electron chi connectivity index (χ3n) is 2.37. The summed E-state index contributed by atoms with van der Waals surface area (Å²) in [5, 5.41) is 0. The lowest BCUT2D eigenvalue weighted by Crippen LogP contribution is -2.27. The Bertz CT molecular complexity index is 131. The molecule has 0 aromatic carbocycles. The van der Waals surface area contributed by atoms with Crippen molar-refractivity contribution in [1.82, 2.24) is 0 Å². The molecular formula is C12H29N2O+. The molecule has 1 rings (SSSR count). The van der Waals surface area contributed by atoms with Crippen LogP contribution < -0.4 is 5.90 Å². The zero-order chi connectivity index (χ0) is 11.7. The molecule has 0 spiro atoms. The topological polar surface area (TPSA) is 35.2 Å². The van der Waals surface area contributed by atoms with Gasteiger partial charge in [0.15, 0.2) is 0 Å². The van der Waals surface area contributed by atoms with E-state index >= 15 is 0 Å². The molecule has 0 heterocycles. The summed E-state index contributed by atoms with van der Waals surface area (Å²) in [5.74, 6) is 5.85. The average Bonchev–Trinajstić information content (AvgIpc) is 2.14. The van der Waals surface area contributed by atoms with Crippen LogP contribution in [0.4, 0.5) is 0 Å². The van der Waals surface area contributed by atoms with Crippen molar-refractivity contribution in [2.24, 2.45) is 11.8 Å². The number of hydrogen-bond donors (Lipinski definition) is 1. The van der Waals surface area contributed by atoms with Crippen molar-refractivity contribution >= 4 is 0 Å². The largest absolute Gasteiger partial charge is 0.333 e. The molecule has 2 N–H and O–H groups in total. The Hall–Kier alpha value is -0.120. The molecule has 15 heavy (non-hydrogen) atoms. The lowest BCUT2D eigenvalue weighted by Gasteiger charge is -2.20. The highest BCUT2D eigenvalue weighted by Gasteiger charge is 2.12. The molecule has 0 unspecified atom stereocenters. The Morgan fingerprint density at radius 1 is 1.07 bits per heavy atom. The lowest BCUT2D eigenvalue weighted by atomic mass is 9.87. The van der Waals surface area contributed by atoms with Crippen LogP contribution in [0.3, 0.4) is 0 Å². The fourth-order valence-electron chi connectivity index (χ4n) is 1.71. The summed E-state index contributed by atoms with van der Waals surface area (Å²) in [6.07, 6.45) is 8.20. The predicted octanol–water partition coefficient (Wildman–Crippen LogP) is 2.17. The minimum atomic E-state index is 0.741. The molecule has 0 aromatic heterocycles. The van der Waals surface area contributed by atoms with E-state index in [1.807, 2.05) is 0 Å². The average molecular weight is 217 g/mol. The van der Waals surface area contributed by atoms with E-state index < -0.39 is 0 Å². The molecule has 1 aliphatic carbocycles. The highest BCUT2D eigenvalue weighted by atomic mass is 16.6. The normalized spacial score (nSPS) is 18.2. The summed E-state index contributed by atoms with van der Waals surface area (Å²) in [6, 6.07) is 0. The molecule has 0 amide bonds. The Balaban J connectivity index is 0.000000336. The smallest absolute Gasteiger partial charge is 0.0681 e. The lowest BCUT2D eigenvalue weighted by molar-refractivity contribution is -0.849. The predicted molar refractivity (Wildman–Crippen MR) is 65.3 cm³/mol. The maximum atomic E-state index is 4.95. The molecular weight excluding hydrogens is 188 g/mol. The van der Waals surface area contributed by atoms with Crippen molar-refractivity contribution < 1.29 is 9.32 Å². The molecule has 0 aliphatic heterocycles. The summed E-state index contributed by atoms with van der Waals surface area (Å²) >= 11 is 0. The van der Waals surface area contributed by atoms with Crippen LogP contribution in [0.5, 0.6) is 0 Å². The fourth-order valence-corrected chi connectivity index (χ4v) is 1.71. The zero-order valence-electron chi connectivity index (χ0n) is 11.0. The zero-order valence-corrected chi connectivity index (χ0v) is 11.0. The molecule has 1 fully saturated rings. The van der Waals surface area contributed by atoms with Gasteiger partial charge in [-0.1, -0.05) is 32.1 Å². The van der Waals surface area contributed by atoms with Crippen molar-refractivity contribution in [3.63, 3.8) is 0 Å². The van der Waals surface area contributed by atoms with Gasteiger partial charge in [-0.05, 0) is 12.3 Å². The van der Waals surface area contributed by atoms with Gasteiger partial charge in [0.25, 0.3) is 0 Å². The van der Waals surface area contributed by atoms with Gasteiger partial charge < -0.3 is 9.32 Å². The molecule has 1 aliphatic rings. The van der Waals surface area contributed by atoms with Gasteiger partial charge in [0.05, 0.1) is 34.8 Å². The van der Waals surface area contributed by atoms with Crippen LogP contribution in [-0.4, -0.2) is 39.3 Å². The van der Waals surface area contributed by atoms with Crippen LogP contribution in [0.2, 0.25) is 0 Å². The summed E-state index contributed by atoms with van der Waals surface area (Å²) in [6.45, 7) is 0.741. The first-order valence-corrected chi connectivity index (χ1v) is 6.04. The van der Waals surface area contributed by atoms with Gasteiger partial charge in [-0.2, -0.15) is 0 Å². The standard InChI is InChI=1S/C8H17NO.C4H12N/c9-10-7-6-8-4-2-1-3-5-8;1-5(2,3)4/h8H,1-7,9H2;1-4H3/q;+1. The maximum absolute atomic E-state index is 4.95. The summed E-state index contributed by atoms with van der Waals surface area (Å²) in [4.78, 5) is 4.54. The minimum absolute atomic E-state index is 0.741. The first-order valence-electron chi connectivity index (χ1n) is 6.04. The van der Waals surface area contributed by atoms with Crippen LogP contribution in [0.15, 0.2) is 0 Å². The van der Waals surface area contributed by atoms with E-state index in [9.17, 15) is 0 Å². The second kappa shape index (κ2) is 8.08. The van der Waals surface area contributed by atoms with Crippen molar-refractivity contribution in [2.45, 2.75) is 38.5 Å². The van der Waals surface area contributed by atoms with Gasteiger partial charge in [-0.25, -0.2) is 5.90 Å². The molecule has 0 atom stereocenters. The highest BCUT2D eigenvalue weighted by Crippen LogP contribution is 2.25.